The highest BCUT2D eigenvalue weighted by Gasteiger charge is 2.40. The molecule has 2 aliphatic heterocycles. The minimum Gasteiger partial charge on any atom is -0.316 e. The number of hydrogen-bond acceptors (Lipinski definition) is 3. The molecule has 1 N–H and O–H groups in total. The molecule has 0 saturated carbocycles. The minimum atomic E-state index is 0.610. The summed E-state index contributed by atoms with van der Waals surface area (Å²) in [6, 6.07) is 2.37. The van der Waals surface area contributed by atoms with Crippen LogP contribution in [0.4, 0.5) is 0 Å². The van der Waals surface area contributed by atoms with E-state index in [2.05, 4.69) is 30.1 Å². The maximum atomic E-state index is 3.53. The largest absolute Gasteiger partial charge is 0.316 e. The minimum absolute atomic E-state index is 0.610. The normalized spacial score (nSPS) is 29.5. The van der Waals surface area contributed by atoms with Crippen LogP contribution in [0.2, 0.25) is 0 Å². The number of thiophene rings is 1. The Kier molecular flexibility index (Phi) is 3.01. The first-order valence-corrected chi connectivity index (χ1v) is 7.48. The molecular formula is C14H22N2S. The topological polar surface area (TPSA) is 15.3 Å². The summed E-state index contributed by atoms with van der Waals surface area (Å²) >= 11 is 1.94. The molecule has 0 bridgehead atoms. The van der Waals surface area contributed by atoms with Crippen molar-refractivity contribution in [1.29, 1.82) is 0 Å². The molecule has 3 heterocycles. The molecular weight excluding hydrogens is 228 g/mol. The highest BCUT2D eigenvalue weighted by atomic mass is 32.1. The van der Waals surface area contributed by atoms with Crippen LogP contribution in [0.5, 0.6) is 0 Å². The van der Waals surface area contributed by atoms with Crippen molar-refractivity contribution in [2.24, 2.45) is 5.41 Å². The lowest BCUT2D eigenvalue weighted by molar-refractivity contribution is 0.268. The number of nitrogens with one attached hydrogen (secondary N) is 1. The van der Waals surface area contributed by atoms with Crippen LogP contribution in [-0.4, -0.2) is 31.1 Å². The second-order valence-corrected chi connectivity index (χ2v) is 7.29. The van der Waals surface area contributed by atoms with E-state index >= 15 is 0 Å². The highest BCUT2D eigenvalue weighted by Crippen LogP contribution is 2.37. The highest BCUT2D eigenvalue weighted by molar-refractivity contribution is 7.12. The van der Waals surface area contributed by atoms with Crippen LogP contribution < -0.4 is 5.32 Å². The quantitative estimate of drug-likeness (QED) is 0.868. The maximum absolute atomic E-state index is 3.53. The Morgan fingerprint density at radius 3 is 2.94 bits per heavy atom. The van der Waals surface area contributed by atoms with Crippen LogP contribution in [0, 0.1) is 19.3 Å². The van der Waals surface area contributed by atoms with Gasteiger partial charge in [-0.15, -0.1) is 11.3 Å². The van der Waals surface area contributed by atoms with Gasteiger partial charge in [-0.05, 0) is 56.8 Å². The van der Waals surface area contributed by atoms with Crippen molar-refractivity contribution < 1.29 is 0 Å². The van der Waals surface area contributed by atoms with Crippen LogP contribution in [-0.2, 0) is 6.54 Å². The molecule has 1 aromatic rings. The molecule has 1 atom stereocenters. The fourth-order valence-corrected chi connectivity index (χ4v) is 4.33. The predicted molar refractivity (Wildman–Crippen MR) is 73.6 cm³/mol. The molecule has 2 nitrogen and oxygen atoms in total. The summed E-state index contributed by atoms with van der Waals surface area (Å²) in [5, 5.41) is 3.53. The zero-order chi connectivity index (χ0) is 11.9. The summed E-state index contributed by atoms with van der Waals surface area (Å²) in [4.78, 5) is 5.61. The summed E-state index contributed by atoms with van der Waals surface area (Å²) in [5.41, 5.74) is 2.16. The van der Waals surface area contributed by atoms with E-state index in [9.17, 15) is 0 Å². The first kappa shape index (κ1) is 11.7. The smallest absolute Gasteiger partial charge is 0.0245 e. The third-order valence-electron chi connectivity index (χ3n) is 4.39. The van der Waals surface area contributed by atoms with Crippen LogP contribution in [0.1, 0.15) is 28.2 Å². The number of nitrogens with zero attached hydrogens (tertiary/aromatic N) is 1. The fraction of sp³-hybridized carbons (Fsp3) is 0.714. The number of aryl methyl sites for hydroxylation is 2. The Balaban J connectivity index is 1.65. The molecule has 1 spiro atoms. The first-order chi connectivity index (χ1) is 8.17. The Bertz CT molecular complexity index is 404. The predicted octanol–water partition coefficient (Wildman–Crippen LogP) is 2.55. The molecule has 3 rings (SSSR count). The Morgan fingerprint density at radius 2 is 2.29 bits per heavy atom. The van der Waals surface area contributed by atoms with Gasteiger partial charge in [-0.1, -0.05) is 0 Å². The molecule has 0 radical (unpaired) electrons. The van der Waals surface area contributed by atoms with Crippen molar-refractivity contribution in [3.8, 4) is 0 Å². The Labute approximate surface area is 108 Å². The van der Waals surface area contributed by atoms with Gasteiger partial charge < -0.3 is 5.32 Å². The molecule has 94 valence electrons. The summed E-state index contributed by atoms with van der Waals surface area (Å²) in [5.74, 6) is 0. The third-order valence-corrected chi connectivity index (χ3v) is 5.40. The molecule has 2 fully saturated rings. The van der Waals surface area contributed by atoms with Crippen LogP contribution >= 0.6 is 11.3 Å². The Morgan fingerprint density at radius 1 is 1.41 bits per heavy atom. The second-order valence-electron chi connectivity index (χ2n) is 5.83. The molecule has 0 aromatic carbocycles. The fourth-order valence-electron chi connectivity index (χ4n) is 3.39. The maximum Gasteiger partial charge on any atom is 0.0245 e. The van der Waals surface area contributed by atoms with Crippen molar-refractivity contribution in [2.45, 2.75) is 33.2 Å². The zero-order valence-electron chi connectivity index (χ0n) is 10.9. The van der Waals surface area contributed by atoms with Gasteiger partial charge in [-0.25, -0.2) is 0 Å². The molecule has 0 amide bonds. The van der Waals surface area contributed by atoms with E-state index in [4.69, 9.17) is 0 Å². The summed E-state index contributed by atoms with van der Waals surface area (Å²) < 4.78 is 0. The standard InChI is InChI=1S/C14H22N2S/c1-11-7-13(12(2)17-11)8-16-6-4-14(10-16)3-5-15-9-14/h7,15H,3-6,8-10H2,1-2H3. The van der Waals surface area contributed by atoms with E-state index in [1.165, 1.54) is 48.8 Å². The number of rotatable bonds is 2. The van der Waals surface area contributed by atoms with Gasteiger partial charge in [0.15, 0.2) is 0 Å². The molecule has 2 saturated heterocycles. The van der Waals surface area contributed by atoms with Crippen LogP contribution in [0.15, 0.2) is 6.07 Å². The van der Waals surface area contributed by atoms with Crippen molar-refractivity contribution in [2.75, 3.05) is 26.2 Å². The van der Waals surface area contributed by atoms with Gasteiger partial charge in [0.25, 0.3) is 0 Å². The van der Waals surface area contributed by atoms with Gasteiger partial charge in [-0.2, -0.15) is 0 Å². The lowest BCUT2D eigenvalue weighted by Gasteiger charge is -2.22. The van der Waals surface area contributed by atoms with Gasteiger partial charge in [0.2, 0.25) is 0 Å². The average molecular weight is 250 g/mol. The van der Waals surface area contributed by atoms with Gasteiger partial charge in [-0.3, -0.25) is 4.90 Å². The lowest BCUT2D eigenvalue weighted by atomic mass is 9.87. The van der Waals surface area contributed by atoms with Crippen LogP contribution in [0.3, 0.4) is 0 Å². The van der Waals surface area contributed by atoms with Gasteiger partial charge in [0, 0.05) is 29.4 Å². The van der Waals surface area contributed by atoms with Gasteiger partial charge in [0.05, 0.1) is 0 Å². The van der Waals surface area contributed by atoms with E-state index in [0.717, 1.165) is 6.54 Å². The van der Waals surface area contributed by atoms with Crippen molar-refractivity contribution in [3.63, 3.8) is 0 Å². The molecule has 3 heteroatoms. The average Bonchev–Trinajstić information content (AvgIpc) is 2.95. The monoisotopic (exact) mass is 250 g/mol. The molecule has 0 aliphatic carbocycles. The lowest BCUT2D eigenvalue weighted by Crippen LogP contribution is -2.28. The summed E-state index contributed by atoms with van der Waals surface area (Å²) in [6.45, 7) is 10.7. The van der Waals surface area contributed by atoms with E-state index in [0.29, 0.717) is 5.41 Å². The molecule has 1 unspecified atom stereocenters. The number of hydrogen-bond donors (Lipinski definition) is 1. The van der Waals surface area contributed by atoms with Crippen molar-refractivity contribution in [1.82, 2.24) is 10.2 Å². The second kappa shape index (κ2) is 4.38. The zero-order valence-corrected chi connectivity index (χ0v) is 11.7. The third kappa shape index (κ3) is 2.28. The van der Waals surface area contributed by atoms with E-state index in [-0.39, 0.29) is 0 Å². The van der Waals surface area contributed by atoms with E-state index in [1.807, 2.05) is 11.3 Å². The SMILES string of the molecule is Cc1cc(CN2CCC3(CCNC3)C2)c(C)s1. The summed E-state index contributed by atoms with van der Waals surface area (Å²) in [7, 11) is 0. The van der Waals surface area contributed by atoms with Crippen LogP contribution in [0.25, 0.3) is 0 Å². The van der Waals surface area contributed by atoms with E-state index in [1.54, 1.807) is 5.56 Å². The van der Waals surface area contributed by atoms with Crippen molar-refractivity contribution in [3.05, 3.63) is 21.4 Å². The Hall–Kier alpha value is -0.380. The first-order valence-electron chi connectivity index (χ1n) is 6.66. The van der Waals surface area contributed by atoms with E-state index < -0.39 is 0 Å². The molecule has 2 aliphatic rings. The van der Waals surface area contributed by atoms with Crippen molar-refractivity contribution >= 4 is 11.3 Å². The molecule has 1 aromatic heterocycles. The van der Waals surface area contributed by atoms with Gasteiger partial charge >= 0.3 is 0 Å². The summed E-state index contributed by atoms with van der Waals surface area (Å²) in [6.07, 6.45) is 2.77. The van der Waals surface area contributed by atoms with Gasteiger partial charge in [0.1, 0.15) is 0 Å². The number of likely N-dealkylation sites (tertiary alicyclic amines) is 1. The molecule has 17 heavy (non-hydrogen) atoms.